The van der Waals surface area contributed by atoms with E-state index >= 15 is 0 Å². The van der Waals surface area contributed by atoms with Crippen molar-refractivity contribution in [1.82, 2.24) is 5.01 Å². The Hall–Kier alpha value is -3.72. The molecule has 0 saturated carbocycles. The molecule has 1 aliphatic heterocycles. The van der Waals surface area contributed by atoms with E-state index in [0.29, 0.717) is 22.7 Å². The molecule has 0 unspecified atom stereocenters. The van der Waals surface area contributed by atoms with Crippen LogP contribution in [0.25, 0.3) is 0 Å². The molecule has 176 valence electrons. The van der Waals surface area contributed by atoms with Gasteiger partial charge in [0.2, 0.25) is 5.91 Å². The van der Waals surface area contributed by atoms with E-state index in [1.165, 1.54) is 23.3 Å². The van der Waals surface area contributed by atoms with Gasteiger partial charge in [-0.3, -0.25) is 9.59 Å². The van der Waals surface area contributed by atoms with Gasteiger partial charge >= 0.3 is 5.97 Å². The van der Waals surface area contributed by atoms with Crippen molar-refractivity contribution in [1.29, 1.82) is 0 Å². The number of aryl methyl sites for hydroxylation is 2. The maximum atomic E-state index is 13.1. The third-order valence-corrected chi connectivity index (χ3v) is 6.75. The van der Waals surface area contributed by atoms with Gasteiger partial charge < -0.3 is 14.5 Å². The summed E-state index contributed by atoms with van der Waals surface area (Å²) in [5.41, 5.74) is 3.76. The van der Waals surface area contributed by atoms with E-state index in [9.17, 15) is 14.4 Å². The highest BCUT2D eigenvalue weighted by Gasteiger charge is 2.35. The highest BCUT2D eigenvalue weighted by atomic mass is 32.1. The van der Waals surface area contributed by atoms with Crippen LogP contribution < -0.4 is 5.32 Å². The Morgan fingerprint density at radius 1 is 1.18 bits per heavy atom. The van der Waals surface area contributed by atoms with Gasteiger partial charge in [0.25, 0.3) is 5.91 Å². The highest BCUT2D eigenvalue weighted by Crippen LogP contribution is 2.34. The zero-order valence-electron chi connectivity index (χ0n) is 19.4. The summed E-state index contributed by atoms with van der Waals surface area (Å²) in [6.07, 6.45) is 2.03. The molecule has 2 aromatic heterocycles. The number of rotatable bonds is 6. The topological polar surface area (TPSA) is 101 Å². The monoisotopic (exact) mass is 479 g/mol. The average Bonchev–Trinajstić information content (AvgIpc) is 3.52. The zero-order valence-corrected chi connectivity index (χ0v) is 20.2. The Morgan fingerprint density at radius 2 is 1.91 bits per heavy atom. The predicted molar refractivity (Wildman–Crippen MR) is 129 cm³/mol. The van der Waals surface area contributed by atoms with Crippen LogP contribution in [0.1, 0.15) is 57.1 Å². The van der Waals surface area contributed by atoms with Crippen LogP contribution in [-0.4, -0.2) is 35.1 Å². The minimum Gasteiger partial charge on any atom is -0.467 e. The van der Waals surface area contributed by atoms with Crippen molar-refractivity contribution >= 4 is 39.8 Å². The molecule has 34 heavy (non-hydrogen) atoms. The number of hydrogen-bond acceptors (Lipinski definition) is 7. The fourth-order valence-electron chi connectivity index (χ4n) is 3.75. The Bertz CT molecular complexity index is 1260. The molecule has 0 fully saturated rings. The molecule has 0 spiro atoms. The van der Waals surface area contributed by atoms with Crippen molar-refractivity contribution in [3.8, 4) is 0 Å². The van der Waals surface area contributed by atoms with Crippen molar-refractivity contribution in [2.45, 2.75) is 40.2 Å². The van der Waals surface area contributed by atoms with E-state index < -0.39 is 24.5 Å². The van der Waals surface area contributed by atoms with Crippen LogP contribution in [0.3, 0.4) is 0 Å². The lowest BCUT2D eigenvalue weighted by Crippen LogP contribution is -2.31. The minimum atomic E-state index is -0.671. The highest BCUT2D eigenvalue weighted by molar-refractivity contribution is 7.16. The molecule has 3 heterocycles. The Balaban J connectivity index is 1.53. The van der Waals surface area contributed by atoms with Crippen molar-refractivity contribution in [2.24, 2.45) is 5.10 Å². The molecule has 4 rings (SSSR count). The van der Waals surface area contributed by atoms with Crippen molar-refractivity contribution in [3.05, 3.63) is 75.6 Å². The lowest BCUT2D eigenvalue weighted by molar-refractivity contribution is -0.136. The molecule has 3 aromatic rings. The number of carbonyl (C=O) groups excluding carboxylic acids is 3. The summed E-state index contributed by atoms with van der Waals surface area (Å²) in [7, 11) is 0. The van der Waals surface area contributed by atoms with Crippen molar-refractivity contribution in [2.75, 3.05) is 11.9 Å². The lowest BCUT2D eigenvalue weighted by atomic mass is 10.0. The number of carbonyl (C=O) groups is 3. The maximum Gasteiger partial charge on any atom is 0.341 e. The number of hydrazone groups is 1. The van der Waals surface area contributed by atoms with Gasteiger partial charge in [0, 0.05) is 18.2 Å². The first-order chi connectivity index (χ1) is 16.2. The van der Waals surface area contributed by atoms with E-state index in [4.69, 9.17) is 9.15 Å². The summed E-state index contributed by atoms with van der Waals surface area (Å²) in [4.78, 5) is 38.3. The summed E-state index contributed by atoms with van der Waals surface area (Å²) < 4.78 is 10.9. The van der Waals surface area contributed by atoms with Crippen LogP contribution in [0.15, 0.2) is 52.2 Å². The number of benzene rings is 1. The normalized spacial score (nSPS) is 15.2. The number of nitrogens with zero attached hydrogens (tertiary/aromatic N) is 2. The third kappa shape index (κ3) is 4.79. The van der Waals surface area contributed by atoms with Crippen LogP contribution in [0.4, 0.5) is 5.00 Å². The Kier molecular flexibility index (Phi) is 6.65. The van der Waals surface area contributed by atoms with Gasteiger partial charge in [-0.2, -0.15) is 5.10 Å². The van der Waals surface area contributed by atoms with Gasteiger partial charge in [0.15, 0.2) is 6.61 Å². The van der Waals surface area contributed by atoms with E-state index in [2.05, 4.69) is 10.4 Å². The quantitative estimate of drug-likeness (QED) is 0.514. The van der Waals surface area contributed by atoms with E-state index in [-0.39, 0.29) is 11.5 Å². The second-order valence-electron chi connectivity index (χ2n) is 8.13. The summed E-state index contributed by atoms with van der Waals surface area (Å²) in [5.74, 6) is -0.830. The van der Waals surface area contributed by atoms with Gasteiger partial charge in [0.1, 0.15) is 16.8 Å². The number of furan rings is 1. The second kappa shape index (κ2) is 9.64. The van der Waals surface area contributed by atoms with Gasteiger partial charge in [-0.15, -0.1) is 11.3 Å². The number of anilines is 1. The number of nitrogens with one attached hydrogen (secondary N) is 1. The van der Waals surface area contributed by atoms with Crippen molar-refractivity contribution in [3.63, 3.8) is 0 Å². The predicted octanol–water partition coefficient (Wildman–Crippen LogP) is 4.76. The molecule has 1 aliphatic rings. The average molecular weight is 480 g/mol. The summed E-state index contributed by atoms with van der Waals surface area (Å²) >= 11 is 1.29. The SMILES string of the molecule is CC(=O)Nc1sc(C)c(C)c1C(=O)OCC(=O)N1N=C(c2ccc(C)cc2)C[C@H]1c1ccco1. The van der Waals surface area contributed by atoms with Crippen LogP contribution in [0, 0.1) is 20.8 Å². The standard InChI is InChI=1S/C25H25N3O5S/c1-14-7-9-18(10-8-14)19-12-20(21-6-5-11-32-21)28(27-19)22(30)13-33-25(31)23-15(2)16(3)34-24(23)26-17(4)29/h5-11,20H,12-13H2,1-4H3,(H,26,29)/t20-/m0/s1. The molecule has 1 N–H and O–H groups in total. The third-order valence-electron chi connectivity index (χ3n) is 5.63. The first-order valence-corrected chi connectivity index (χ1v) is 11.6. The zero-order chi connectivity index (χ0) is 24.4. The largest absolute Gasteiger partial charge is 0.467 e. The van der Waals surface area contributed by atoms with Crippen molar-refractivity contribution < 1.29 is 23.5 Å². The fraction of sp³-hybridized carbons (Fsp3) is 0.280. The molecule has 9 heteroatoms. The van der Waals surface area contributed by atoms with Crippen LogP contribution in [0.5, 0.6) is 0 Å². The molecular weight excluding hydrogens is 454 g/mol. The molecule has 1 atom stereocenters. The van der Waals surface area contributed by atoms with Crippen LogP contribution in [-0.2, 0) is 14.3 Å². The van der Waals surface area contributed by atoms with Crippen LogP contribution in [0.2, 0.25) is 0 Å². The molecule has 8 nitrogen and oxygen atoms in total. The second-order valence-corrected chi connectivity index (χ2v) is 9.36. The van der Waals surface area contributed by atoms with Gasteiger partial charge in [0.05, 0.1) is 17.5 Å². The number of hydrogen-bond donors (Lipinski definition) is 1. The molecule has 0 saturated heterocycles. The summed E-state index contributed by atoms with van der Waals surface area (Å²) in [6, 6.07) is 11.0. The number of esters is 1. The molecule has 0 bridgehead atoms. The summed E-state index contributed by atoms with van der Waals surface area (Å²) in [6.45, 7) is 6.52. The van der Waals surface area contributed by atoms with E-state index in [0.717, 1.165) is 21.7 Å². The Labute approximate surface area is 201 Å². The number of amides is 2. The molecule has 1 aromatic carbocycles. The minimum absolute atomic E-state index is 0.262. The first-order valence-electron chi connectivity index (χ1n) is 10.8. The molecule has 0 aliphatic carbocycles. The molecule has 0 radical (unpaired) electrons. The van der Waals surface area contributed by atoms with Gasteiger partial charge in [-0.05, 0) is 44.0 Å². The number of thiophene rings is 1. The molecule has 2 amide bonds. The molecular formula is C25H25N3O5S. The van der Waals surface area contributed by atoms with Crippen LogP contribution >= 0.6 is 11.3 Å². The Morgan fingerprint density at radius 3 is 2.56 bits per heavy atom. The number of ether oxygens (including phenoxy) is 1. The summed E-state index contributed by atoms with van der Waals surface area (Å²) in [5, 5.41) is 8.94. The van der Waals surface area contributed by atoms with E-state index in [1.54, 1.807) is 25.3 Å². The smallest absolute Gasteiger partial charge is 0.341 e. The maximum absolute atomic E-state index is 13.1. The lowest BCUT2D eigenvalue weighted by Gasteiger charge is -2.19. The first kappa shape index (κ1) is 23.4. The van der Waals surface area contributed by atoms with Gasteiger partial charge in [-0.25, -0.2) is 9.80 Å². The van der Waals surface area contributed by atoms with Gasteiger partial charge in [-0.1, -0.05) is 29.8 Å². The van der Waals surface area contributed by atoms with E-state index in [1.807, 2.05) is 38.1 Å². The fourth-order valence-corrected chi connectivity index (χ4v) is 4.84.